The molecule has 0 saturated heterocycles. The minimum atomic E-state index is -1.29. The summed E-state index contributed by atoms with van der Waals surface area (Å²) >= 11 is 0. The van der Waals surface area contributed by atoms with Crippen LogP contribution in [0.5, 0.6) is 11.5 Å². The number of para-hydroxylation sites is 1. The molecule has 2 aromatic carbocycles. The average Bonchev–Trinajstić information content (AvgIpc) is 3.15. The minimum Gasteiger partial charge on any atom is -0.496 e. The number of ether oxygens (including phenoxy) is 5. The number of hydrogen-bond acceptors (Lipinski definition) is 11. The van der Waals surface area contributed by atoms with Crippen LogP contribution in [0.25, 0.3) is 11.3 Å². The number of aliphatic hydroxyl groups is 1. The standard InChI is InChI=1S/C41H42N2O9/c1-23-28-19-33(51-37(45)25-14-12-24(21-42)13-15-25)41(3)36(35(44)34-32(52-41)20-31(49-38(34)46)26-9-8-18-43-22-26)40(28,2)17-16-29(23)50-39(48-5)27-10-6-7-11-30(27)47-4/h6-15,18,20,22-23,28-29,33,35-36,39,44H,16-17,19H2,1-5H3. The van der Waals surface area contributed by atoms with Gasteiger partial charge in [-0.25, -0.2) is 9.59 Å². The summed E-state index contributed by atoms with van der Waals surface area (Å²) in [5.41, 5.74) is -0.459. The summed E-state index contributed by atoms with van der Waals surface area (Å²) in [4.78, 5) is 31.6. The van der Waals surface area contributed by atoms with E-state index >= 15 is 0 Å². The number of esters is 1. The summed E-state index contributed by atoms with van der Waals surface area (Å²) in [5.74, 6) is -0.425. The number of rotatable bonds is 8. The Kier molecular flexibility index (Phi) is 9.42. The van der Waals surface area contributed by atoms with E-state index in [2.05, 4.69) is 24.9 Å². The first kappa shape index (κ1) is 35.4. The summed E-state index contributed by atoms with van der Waals surface area (Å²) in [7, 11) is 3.20. The van der Waals surface area contributed by atoms with Gasteiger partial charge in [-0.2, -0.15) is 5.26 Å². The normalized spacial score (nSPS) is 29.6. The zero-order valence-electron chi connectivity index (χ0n) is 29.8. The Morgan fingerprint density at radius 2 is 1.87 bits per heavy atom. The first-order valence-electron chi connectivity index (χ1n) is 17.5. The van der Waals surface area contributed by atoms with E-state index in [0.717, 1.165) is 5.56 Å². The van der Waals surface area contributed by atoms with Crippen LogP contribution < -0.4 is 15.1 Å². The smallest absolute Gasteiger partial charge is 0.345 e. The van der Waals surface area contributed by atoms with Crippen LogP contribution >= 0.6 is 0 Å². The third-order valence-electron chi connectivity index (χ3n) is 11.7. The van der Waals surface area contributed by atoms with E-state index in [1.54, 1.807) is 69.1 Å². The van der Waals surface area contributed by atoms with E-state index < -0.39 is 47.0 Å². The van der Waals surface area contributed by atoms with Crippen molar-refractivity contribution in [2.24, 2.45) is 23.2 Å². The second kappa shape index (κ2) is 13.8. The molecule has 2 aromatic heterocycles. The Bertz CT molecular complexity index is 2040. The van der Waals surface area contributed by atoms with Gasteiger partial charge >= 0.3 is 11.6 Å². The molecule has 0 spiro atoms. The molecule has 0 radical (unpaired) electrons. The number of fused-ring (bicyclic) bond motifs is 4. The number of aliphatic hydroxyl groups excluding tert-OH is 1. The molecule has 9 atom stereocenters. The summed E-state index contributed by atoms with van der Waals surface area (Å²) in [5, 5.41) is 21.6. The lowest BCUT2D eigenvalue weighted by Gasteiger charge is -2.64. The molecule has 7 rings (SSSR count). The zero-order valence-corrected chi connectivity index (χ0v) is 29.8. The number of carbonyl (C=O) groups is 1. The Morgan fingerprint density at radius 1 is 1.10 bits per heavy atom. The number of nitrogens with zero attached hydrogens (tertiary/aromatic N) is 2. The molecule has 0 bridgehead atoms. The van der Waals surface area contributed by atoms with Crippen molar-refractivity contribution in [1.82, 2.24) is 4.98 Å². The van der Waals surface area contributed by atoms with Crippen LogP contribution in [0.3, 0.4) is 0 Å². The predicted molar refractivity (Wildman–Crippen MR) is 188 cm³/mol. The molecule has 52 heavy (non-hydrogen) atoms. The molecule has 2 aliphatic carbocycles. The predicted octanol–water partition coefficient (Wildman–Crippen LogP) is 6.79. The molecule has 2 saturated carbocycles. The summed E-state index contributed by atoms with van der Waals surface area (Å²) in [6.07, 6.45) is 1.78. The highest BCUT2D eigenvalue weighted by Gasteiger charge is 2.68. The third-order valence-corrected chi connectivity index (χ3v) is 11.7. The quantitative estimate of drug-likeness (QED) is 0.152. The topological polar surface area (TPSA) is 150 Å². The molecule has 9 unspecified atom stereocenters. The highest BCUT2D eigenvalue weighted by atomic mass is 16.7. The van der Waals surface area contributed by atoms with Crippen LogP contribution in [0.15, 0.2) is 88.3 Å². The van der Waals surface area contributed by atoms with Crippen LogP contribution in [0.2, 0.25) is 0 Å². The van der Waals surface area contributed by atoms with Crippen LogP contribution in [-0.2, 0) is 14.2 Å². The molecule has 270 valence electrons. The van der Waals surface area contributed by atoms with E-state index in [1.807, 2.05) is 31.2 Å². The van der Waals surface area contributed by atoms with Crippen molar-refractivity contribution in [3.63, 3.8) is 0 Å². The van der Waals surface area contributed by atoms with Gasteiger partial charge in [0.25, 0.3) is 0 Å². The number of methoxy groups -OCH3 is 2. The van der Waals surface area contributed by atoms with Crippen molar-refractivity contribution in [3.05, 3.63) is 112 Å². The highest BCUT2D eigenvalue weighted by Crippen LogP contribution is 2.65. The molecule has 1 aliphatic heterocycles. The fraction of sp³-hybridized carbons (Fsp3) is 0.415. The first-order valence-corrected chi connectivity index (χ1v) is 17.5. The molecule has 4 aromatic rings. The number of nitriles is 1. The van der Waals surface area contributed by atoms with Gasteiger partial charge in [0.2, 0.25) is 0 Å². The van der Waals surface area contributed by atoms with Gasteiger partial charge in [0.15, 0.2) is 6.29 Å². The molecular formula is C41H42N2O9. The number of pyridine rings is 1. The lowest BCUT2D eigenvalue weighted by Crippen LogP contribution is -2.69. The number of hydrogen-bond donors (Lipinski definition) is 1. The summed E-state index contributed by atoms with van der Waals surface area (Å²) in [6.45, 7) is 6.10. The van der Waals surface area contributed by atoms with Crippen LogP contribution in [-0.4, -0.2) is 48.1 Å². The maximum absolute atomic E-state index is 13.8. The van der Waals surface area contributed by atoms with Crippen LogP contribution in [0.4, 0.5) is 0 Å². The molecule has 11 nitrogen and oxygen atoms in total. The van der Waals surface area contributed by atoms with E-state index in [4.69, 9.17) is 28.1 Å². The van der Waals surface area contributed by atoms with Gasteiger partial charge in [-0.1, -0.05) is 32.0 Å². The minimum absolute atomic E-state index is 0.0378. The van der Waals surface area contributed by atoms with E-state index in [-0.39, 0.29) is 40.6 Å². The fourth-order valence-electron chi connectivity index (χ4n) is 9.15. The second-order valence-corrected chi connectivity index (χ2v) is 14.4. The number of carbonyl (C=O) groups excluding carboxylic acids is 1. The largest absolute Gasteiger partial charge is 0.496 e. The van der Waals surface area contributed by atoms with Crippen molar-refractivity contribution in [2.45, 2.75) is 70.2 Å². The van der Waals surface area contributed by atoms with Gasteiger partial charge in [-0.15, -0.1) is 0 Å². The van der Waals surface area contributed by atoms with Gasteiger partial charge in [-0.05, 0) is 85.9 Å². The maximum Gasteiger partial charge on any atom is 0.345 e. The average molecular weight is 707 g/mol. The Labute approximate surface area is 302 Å². The van der Waals surface area contributed by atoms with Crippen LogP contribution in [0.1, 0.15) is 79.5 Å². The third kappa shape index (κ3) is 5.94. The first-order chi connectivity index (χ1) is 25.0. The molecule has 2 fully saturated rings. The van der Waals surface area contributed by atoms with Gasteiger partial charge < -0.3 is 33.2 Å². The Balaban J connectivity index is 1.28. The summed E-state index contributed by atoms with van der Waals surface area (Å²) < 4.78 is 37.1. The summed E-state index contributed by atoms with van der Waals surface area (Å²) in [6, 6.07) is 21.0. The van der Waals surface area contributed by atoms with E-state index in [9.17, 15) is 20.0 Å². The monoisotopic (exact) mass is 706 g/mol. The SMILES string of the molecule is COc1ccccc1C(OC)OC1CCC2(C)C(CC(OC(=O)c3ccc(C#N)cc3)C3(C)Oc4cc(-c5cccnc5)oc(=O)c4C(O)C23)C1C. The molecule has 0 amide bonds. The second-order valence-electron chi connectivity index (χ2n) is 14.4. The lowest BCUT2D eigenvalue weighted by atomic mass is 9.46. The van der Waals surface area contributed by atoms with Gasteiger partial charge in [0.05, 0.1) is 36.5 Å². The number of aromatic nitrogens is 1. The van der Waals surface area contributed by atoms with Crippen molar-refractivity contribution < 1.29 is 38.0 Å². The molecular weight excluding hydrogens is 664 g/mol. The highest BCUT2D eigenvalue weighted by molar-refractivity contribution is 5.89. The van der Waals surface area contributed by atoms with Crippen molar-refractivity contribution >= 4 is 5.97 Å². The number of benzene rings is 2. The maximum atomic E-state index is 13.8. The van der Waals surface area contributed by atoms with Crippen LogP contribution in [0, 0.1) is 34.5 Å². The Hall–Kier alpha value is -5.02. The van der Waals surface area contributed by atoms with E-state index in [1.165, 1.54) is 0 Å². The lowest BCUT2D eigenvalue weighted by molar-refractivity contribution is -0.258. The van der Waals surface area contributed by atoms with Crippen molar-refractivity contribution in [2.75, 3.05) is 14.2 Å². The van der Waals surface area contributed by atoms with Crippen molar-refractivity contribution in [3.8, 4) is 28.9 Å². The van der Waals surface area contributed by atoms with Gasteiger partial charge in [0, 0.05) is 42.6 Å². The van der Waals surface area contributed by atoms with Gasteiger partial charge in [-0.3, -0.25) is 4.98 Å². The zero-order chi connectivity index (χ0) is 36.8. The fourth-order valence-corrected chi connectivity index (χ4v) is 9.15. The van der Waals surface area contributed by atoms with E-state index in [0.29, 0.717) is 36.1 Å². The molecule has 11 heteroatoms. The van der Waals surface area contributed by atoms with Gasteiger partial charge in [0.1, 0.15) is 34.5 Å². The molecule has 3 heterocycles. The van der Waals surface area contributed by atoms with Crippen molar-refractivity contribution in [1.29, 1.82) is 5.26 Å². The Morgan fingerprint density at radius 3 is 2.56 bits per heavy atom. The molecule has 1 N–H and O–H groups in total. The molecule has 3 aliphatic rings.